The number of ether oxygens (including phenoxy) is 2. The monoisotopic (exact) mass is 266 g/mol. The molecule has 1 aliphatic heterocycles. The zero-order valence-corrected chi connectivity index (χ0v) is 11.2. The van der Waals surface area contributed by atoms with E-state index in [0.717, 1.165) is 13.0 Å². The molecule has 1 heterocycles. The highest BCUT2D eigenvalue weighted by Gasteiger charge is 2.16. The molecule has 5 nitrogen and oxygen atoms in total. The van der Waals surface area contributed by atoms with Crippen LogP contribution in [0.1, 0.15) is 19.3 Å². The summed E-state index contributed by atoms with van der Waals surface area (Å²) in [5.74, 6) is 0.106. The molecular formula is C11H23ClN2O3. The van der Waals surface area contributed by atoms with Gasteiger partial charge < -0.3 is 20.1 Å². The molecule has 1 saturated heterocycles. The van der Waals surface area contributed by atoms with Gasteiger partial charge in [-0.1, -0.05) is 0 Å². The second kappa shape index (κ2) is 10.8. The van der Waals surface area contributed by atoms with Crippen molar-refractivity contribution >= 4 is 18.3 Å². The number of methoxy groups -OCH3 is 1. The van der Waals surface area contributed by atoms with Gasteiger partial charge in [-0.3, -0.25) is 4.79 Å². The van der Waals surface area contributed by atoms with Crippen molar-refractivity contribution in [1.82, 2.24) is 10.6 Å². The van der Waals surface area contributed by atoms with E-state index in [4.69, 9.17) is 9.47 Å². The molecule has 0 bridgehead atoms. The van der Waals surface area contributed by atoms with E-state index in [1.165, 1.54) is 6.42 Å². The fraction of sp³-hybridized carbons (Fsp3) is 0.909. The largest absolute Gasteiger partial charge is 0.382 e. The SMILES string of the molecule is COCCOCCNC(=O)CC1CCCN1.Cl. The summed E-state index contributed by atoms with van der Waals surface area (Å²) in [7, 11) is 1.64. The van der Waals surface area contributed by atoms with Crippen LogP contribution in [0.2, 0.25) is 0 Å². The molecule has 102 valence electrons. The van der Waals surface area contributed by atoms with Crippen molar-refractivity contribution in [2.75, 3.05) is 40.0 Å². The summed E-state index contributed by atoms with van der Waals surface area (Å²) in [5.41, 5.74) is 0. The summed E-state index contributed by atoms with van der Waals surface area (Å²) in [6, 6.07) is 0.370. The van der Waals surface area contributed by atoms with Crippen LogP contribution in [0.25, 0.3) is 0 Å². The first-order chi connectivity index (χ1) is 7.83. The lowest BCUT2D eigenvalue weighted by atomic mass is 10.1. The molecule has 0 radical (unpaired) electrons. The minimum absolute atomic E-state index is 0. The number of hydrogen-bond acceptors (Lipinski definition) is 4. The molecule has 1 rings (SSSR count). The van der Waals surface area contributed by atoms with E-state index in [-0.39, 0.29) is 18.3 Å². The van der Waals surface area contributed by atoms with Gasteiger partial charge in [0.1, 0.15) is 0 Å². The Morgan fingerprint density at radius 3 is 2.88 bits per heavy atom. The lowest BCUT2D eigenvalue weighted by Crippen LogP contribution is -2.33. The van der Waals surface area contributed by atoms with Crippen molar-refractivity contribution in [3.8, 4) is 0 Å². The van der Waals surface area contributed by atoms with Crippen LogP contribution >= 0.6 is 12.4 Å². The highest BCUT2D eigenvalue weighted by atomic mass is 35.5. The first-order valence-corrected chi connectivity index (χ1v) is 5.89. The van der Waals surface area contributed by atoms with Crippen LogP contribution in [0.15, 0.2) is 0 Å². The highest BCUT2D eigenvalue weighted by molar-refractivity contribution is 5.85. The molecule has 1 amide bonds. The summed E-state index contributed by atoms with van der Waals surface area (Å²) in [4.78, 5) is 11.5. The van der Waals surface area contributed by atoms with Gasteiger partial charge in [0.15, 0.2) is 0 Å². The number of carbonyl (C=O) groups is 1. The average Bonchev–Trinajstić information content (AvgIpc) is 2.76. The van der Waals surface area contributed by atoms with E-state index in [2.05, 4.69) is 10.6 Å². The number of carbonyl (C=O) groups excluding carboxylic acids is 1. The summed E-state index contributed by atoms with van der Waals surface area (Å²) in [5, 5.41) is 6.14. The third kappa shape index (κ3) is 8.37. The lowest BCUT2D eigenvalue weighted by molar-refractivity contribution is -0.121. The molecule has 0 aromatic rings. The molecule has 1 atom stereocenters. The normalized spacial score (nSPS) is 18.8. The van der Waals surface area contributed by atoms with Crippen LogP contribution in [0, 0.1) is 0 Å². The smallest absolute Gasteiger partial charge is 0.221 e. The van der Waals surface area contributed by atoms with Crippen molar-refractivity contribution in [2.45, 2.75) is 25.3 Å². The summed E-state index contributed by atoms with van der Waals surface area (Å²) in [6.45, 7) is 3.34. The molecule has 17 heavy (non-hydrogen) atoms. The molecule has 6 heteroatoms. The number of amides is 1. The van der Waals surface area contributed by atoms with Gasteiger partial charge in [0.05, 0.1) is 19.8 Å². The van der Waals surface area contributed by atoms with Gasteiger partial charge >= 0.3 is 0 Å². The number of nitrogens with one attached hydrogen (secondary N) is 2. The molecule has 0 aliphatic carbocycles. The van der Waals surface area contributed by atoms with Gasteiger partial charge in [0, 0.05) is 26.1 Å². The van der Waals surface area contributed by atoms with E-state index in [1.54, 1.807) is 7.11 Å². The summed E-state index contributed by atoms with van der Waals surface area (Å²) in [6.07, 6.45) is 2.87. The maximum Gasteiger partial charge on any atom is 0.221 e. The number of rotatable bonds is 8. The van der Waals surface area contributed by atoms with Crippen molar-refractivity contribution in [1.29, 1.82) is 0 Å². The Labute approximate surface area is 109 Å². The molecule has 2 N–H and O–H groups in total. The van der Waals surface area contributed by atoms with Gasteiger partial charge in [-0.15, -0.1) is 12.4 Å². The van der Waals surface area contributed by atoms with Crippen LogP contribution < -0.4 is 10.6 Å². The Morgan fingerprint density at radius 2 is 2.24 bits per heavy atom. The minimum Gasteiger partial charge on any atom is -0.382 e. The van der Waals surface area contributed by atoms with Gasteiger partial charge in [0.2, 0.25) is 5.91 Å². The molecule has 0 aromatic carbocycles. The topological polar surface area (TPSA) is 59.6 Å². The van der Waals surface area contributed by atoms with E-state index in [0.29, 0.717) is 38.8 Å². The molecule has 0 saturated carbocycles. The molecule has 0 spiro atoms. The number of halogens is 1. The second-order valence-electron chi connectivity index (χ2n) is 3.95. The van der Waals surface area contributed by atoms with Crippen molar-refractivity contribution < 1.29 is 14.3 Å². The lowest BCUT2D eigenvalue weighted by Gasteiger charge is -2.10. The minimum atomic E-state index is 0. The number of hydrogen-bond donors (Lipinski definition) is 2. The van der Waals surface area contributed by atoms with Gasteiger partial charge in [-0.05, 0) is 19.4 Å². The molecule has 1 unspecified atom stereocenters. The fourth-order valence-electron chi connectivity index (χ4n) is 1.73. The highest BCUT2D eigenvalue weighted by Crippen LogP contribution is 2.07. The Bertz CT molecular complexity index is 199. The molecule has 1 fully saturated rings. The Balaban J connectivity index is 0.00000256. The quantitative estimate of drug-likeness (QED) is 0.622. The van der Waals surface area contributed by atoms with Crippen molar-refractivity contribution in [3.05, 3.63) is 0 Å². The van der Waals surface area contributed by atoms with E-state index < -0.39 is 0 Å². The maximum atomic E-state index is 11.5. The zero-order chi connectivity index (χ0) is 11.6. The Hall–Kier alpha value is -0.360. The predicted molar refractivity (Wildman–Crippen MR) is 68.6 cm³/mol. The average molecular weight is 267 g/mol. The van der Waals surface area contributed by atoms with Gasteiger partial charge in [-0.2, -0.15) is 0 Å². The predicted octanol–water partition coefficient (Wildman–Crippen LogP) is 0.330. The first-order valence-electron chi connectivity index (χ1n) is 5.89. The van der Waals surface area contributed by atoms with Crippen molar-refractivity contribution in [3.63, 3.8) is 0 Å². The van der Waals surface area contributed by atoms with Crippen LogP contribution in [0.5, 0.6) is 0 Å². The molecule has 1 aliphatic rings. The molecule has 0 aromatic heterocycles. The van der Waals surface area contributed by atoms with Crippen LogP contribution in [-0.4, -0.2) is 52.0 Å². The van der Waals surface area contributed by atoms with Gasteiger partial charge in [0.25, 0.3) is 0 Å². The standard InChI is InChI=1S/C11H22N2O3.ClH/c1-15-7-8-16-6-5-13-11(14)9-10-3-2-4-12-10;/h10,12H,2-9H2,1H3,(H,13,14);1H. The van der Waals surface area contributed by atoms with E-state index in [9.17, 15) is 4.79 Å². The zero-order valence-electron chi connectivity index (χ0n) is 10.4. The summed E-state index contributed by atoms with van der Waals surface area (Å²) >= 11 is 0. The fourth-order valence-corrected chi connectivity index (χ4v) is 1.73. The van der Waals surface area contributed by atoms with Crippen LogP contribution in [0.3, 0.4) is 0 Å². The Kier molecular flexibility index (Phi) is 10.5. The third-order valence-electron chi connectivity index (χ3n) is 2.59. The second-order valence-corrected chi connectivity index (χ2v) is 3.95. The first kappa shape index (κ1) is 16.6. The van der Waals surface area contributed by atoms with E-state index >= 15 is 0 Å². The third-order valence-corrected chi connectivity index (χ3v) is 2.59. The van der Waals surface area contributed by atoms with Crippen molar-refractivity contribution in [2.24, 2.45) is 0 Å². The summed E-state index contributed by atoms with van der Waals surface area (Å²) < 4.78 is 10.1. The van der Waals surface area contributed by atoms with Crippen LogP contribution in [-0.2, 0) is 14.3 Å². The Morgan fingerprint density at radius 1 is 1.41 bits per heavy atom. The maximum absolute atomic E-state index is 11.5. The van der Waals surface area contributed by atoms with E-state index in [1.807, 2.05) is 0 Å². The van der Waals surface area contributed by atoms with Crippen LogP contribution in [0.4, 0.5) is 0 Å². The molecular weight excluding hydrogens is 244 g/mol. The van der Waals surface area contributed by atoms with Gasteiger partial charge in [-0.25, -0.2) is 0 Å².